The predicted octanol–water partition coefficient (Wildman–Crippen LogP) is 0.589. The molecule has 0 spiro atoms. The van der Waals surface area contributed by atoms with Crippen molar-refractivity contribution in [3.05, 3.63) is 35.9 Å². The smallest absolute Gasteiger partial charge is 0.328 e. The first-order chi connectivity index (χ1) is 10.5. The Morgan fingerprint density at radius 3 is 2.50 bits per heavy atom. The molecule has 2 rings (SSSR count). The van der Waals surface area contributed by atoms with Gasteiger partial charge >= 0.3 is 11.9 Å². The number of carbonyl (C=O) groups excluding carboxylic acids is 1. The molecule has 22 heavy (non-hydrogen) atoms. The Balaban J connectivity index is 1.94. The normalized spacial score (nSPS) is 19.2. The van der Waals surface area contributed by atoms with E-state index in [0.29, 0.717) is 0 Å². The van der Waals surface area contributed by atoms with Crippen LogP contribution in [0.25, 0.3) is 0 Å². The number of amides is 1. The van der Waals surface area contributed by atoms with Gasteiger partial charge in [-0.05, 0) is 5.56 Å². The summed E-state index contributed by atoms with van der Waals surface area (Å²) < 4.78 is 5.38. The van der Waals surface area contributed by atoms with Crippen molar-refractivity contribution in [2.75, 3.05) is 13.2 Å². The number of carboxylic acids is 2. The van der Waals surface area contributed by atoms with Crippen LogP contribution >= 0.6 is 0 Å². The molecule has 0 bridgehead atoms. The molecule has 2 atom stereocenters. The highest BCUT2D eigenvalue weighted by atomic mass is 16.5. The number of ether oxygens (including phenoxy) is 1. The first-order valence-electron chi connectivity index (χ1n) is 6.85. The largest absolute Gasteiger partial charge is 0.481 e. The van der Waals surface area contributed by atoms with Crippen LogP contribution in [0.15, 0.2) is 30.3 Å². The minimum atomic E-state index is -1.20. The molecule has 1 aromatic carbocycles. The molecule has 0 aliphatic carbocycles. The molecule has 1 aliphatic heterocycles. The first kappa shape index (κ1) is 16.0. The predicted molar refractivity (Wildman–Crippen MR) is 75.0 cm³/mol. The fraction of sp³-hybridized carbons (Fsp3) is 0.400. The summed E-state index contributed by atoms with van der Waals surface area (Å²) in [5.41, 5.74) is 0.891. The first-order valence-corrected chi connectivity index (χ1v) is 6.85. The van der Waals surface area contributed by atoms with Crippen molar-refractivity contribution in [1.29, 1.82) is 0 Å². The third kappa shape index (κ3) is 3.82. The van der Waals surface area contributed by atoms with Gasteiger partial charge in [-0.25, -0.2) is 4.79 Å². The van der Waals surface area contributed by atoms with E-state index in [2.05, 4.69) is 0 Å². The summed E-state index contributed by atoms with van der Waals surface area (Å²) in [5, 5.41) is 18.2. The highest BCUT2D eigenvalue weighted by molar-refractivity contribution is 5.89. The van der Waals surface area contributed by atoms with E-state index < -0.39 is 29.8 Å². The van der Waals surface area contributed by atoms with Crippen LogP contribution in [0.4, 0.5) is 0 Å². The summed E-state index contributed by atoms with van der Waals surface area (Å²) in [4.78, 5) is 35.1. The highest BCUT2D eigenvalue weighted by Crippen LogP contribution is 2.21. The second kappa shape index (κ2) is 7.04. The molecule has 2 N–H and O–H groups in total. The summed E-state index contributed by atoms with van der Waals surface area (Å²) in [6.07, 6.45) is -0.169. The van der Waals surface area contributed by atoms with E-state index in [-0.39, 0.29) is 26.2 Å². The SMILES string of the molecule is O=C(O)C1CC(=O)N([C@@H](COCc2ccccc2)C(=O)O)C1. The molecule has 1 aliphatic rings. The van der Waals surface area contributed by atoms with Gasteiger partial charge in [-0.1, -0.05) is 30.3 Å². The lowest BCUT2D eigenvalue weighted by Gasteiger charge is -2.24. The molecule has 7 heteroatoms. The fourth-order valence-electron chi connectivity index (χ4n) is 2.36. The topological polar surface area (TPSA) is 104 Å². The van der Waals surface area contributed by atoms with E-state index in [0.717, 1.165) is 10.5 Å². The van der Waals surface area contributed by atoms with Crippen LogP contribution < -0.4 is 0 Å². The van der Waals surface area contributed by atoms with Gasteiger partial charge in [0, 0.05) is 13.0 Å². The van der Waals surface area contributed by atoms with Crippen LogP contribution in [0.2, 0.25) is 0 Å². The van der Waals surface area contributed by atoms with Crippen molar-refractivity contribution in [3.8, 4) is 0 Å². The molecule has 1 aromatic rings. The highest BCUT2D eigenvalue weighted by Gasteiger charge is 2.40. The van der Waals surface area contributed by atoms with Crippen LogP contribution in [0.1, 0.15) is 12.0 Å². The zero-order valence-corrected chi connectivity index (χ0v) is 11.8. The van der Waals surface area contributed by atoms with Crippen molar-refractivity contribution in [2.24, 2.45) is 5.92 Å². The van der Waals surface area contributed by atoms with Crippen molar-refractivity contribution in [2.45, 2.75) is 19.1 Å². The summed E-state index contributed by atoms with van der Waals surface area (Å²) >= 11 is 0. The van der Waals surface area contributed by atoms with E-state index in [1.807, 2.05) is 30.3 Å². The molecule has 118 valence electrons. The Labute approximate surface area is 127 Å². The van der Waals surface area contributed by atoms with Gasteiger partial charge < -0.3 is 19.8 Å². The molecule has 1 amide bonds. The molecule has 7 nitrogen and oxygen atoms in total. The zero-order chi connectivity index (χ0) is 16.1. The number of likely N-dealkylation sites (tertiary alicyclic amines) is 1. The van der Waals surface area contributed by atoms with Crippen LogP contribution in [0, 0.1) is 5.92 Å². The van der Waals surface area contributed by atoms with Gasteiger partial charge in [0.05, 0.1) is 19.1 Å². The summed E-state index contributed by atoms with van der Waals surface area (Å²) in [6.45, 7) is -0.0445. The van der Waals surface area contributed by atoms with Gasteiger partial charge in [0.15, 0.2) is 6.04 Å². The van der Waals surface area contributed by atoms with Gasteiger partial charge in [-0.2, -0.15) is 0 Å². The lowest BCUT2D eigenvalue weighted by atomic mass is 10.1. The van der Waals surface area contributed by atoms with E-state index in [4.69, 9.17) is 9.84 Å². The molecule has 1 heterocycles. The molecule has 0 radical (unpaired) electrons. The number of hydrogen-bond donors (Lipinski definition) is 2. The molecule has 1 saturated heterocycles. The lowest BCUT2D eigenvalue weighted by Crippen LogP contribution is -2.45. The van der Waals surface area contributed by atoms with Crippen LogP contribution in [-0.2, 0) is 25.7 Å². The van der Waals surface area contributed by atoms with Crippen molar-refractivity contribution in [3.63, 3.8) is 0 Å². The average molecular weight is 307 g/mol. The maximum atomic E-state index is 11.8. The van der Waals surface area contributed by atoms with E-state index in [9.17, 15) is 19.5 Å². The summed E-state index contributed by atoms with van der Waals surface area (Å²) in [7, 11) is 0. The number of aliphatic carboxylic acids is 2. The third-order valence-corrected chi connectivity index (χ3v) is 3.56. The zero-order valence-electron chi connectivity index (χ0n) is 11.8. The summed E-state index contributed by atoms with van der Waals surface area (Å²) in [6, 6.07) is 8.07. The van der Waals surface area contributed by atoms with Gasteiger partial charge in [0.1, 0.15) is 0 Å². The van der Waals surface area contributed by atoms with Crippen molar-refractivity contribution >= 4 is 17.8 Å². The fourth-order valence-corrected chi connectivity index (χ4v) is 2.36. The minimum absolute atomic E-state index is 0.0974. The standard InChI is InChI=1S/C15H17NO6/c17-13-6-11(14(18)19)7-16(13)12(15(20)21)9-22-8-10-4-2-1-3-5-10/h1-5,11-12H,6-9H2,(H,18,19)(H,20,21)/t11?,12-/m0/s1. The molecule has 0 aromatic heterocycles. The maximum absolute atomic E-state index is 11.8. The molecule has 1 unspecified atom stereocenters. The Hall–Kier alpha value is -2.41. The Bertz CT molecular complexity index is 558. The lowest BCUT2D eigenvalue weighted by molar-refractivity contribution is -0.151. The molecular formula is C15H17NO6. The van der Waals surface area contributed by atoms with Crippen LogP contribution in [-0.4, -0.2) is 52.2 Å². The number of carbonyl (C=O) groups is 3. The van der Waals surface area contributed by atoms with Crippen molar-refractivity contribution in [1.82, 2.24) is 4.90 Å². The maximum Gasteiger partial charge on any atom is 0.328 e. The Morgan fingerprint density at radius 2 is 1.95 bits per heavy atom. The van der Waals surface area contributed by atoms with E-state index >= 15 is 0 Å². The average Bonchev–Trinajstić information content (AvgIpc) is 2.86. The molecular weight excluding hydrogens is 290 g/mol. The molecule has 1 fully saturated rings. The van der Waals surface area contributed by atoms with E-state index in [1.54, 1.807) is 0 Å². The number of carboxylic acid groups (broad SMARTS) is 2. The van der Waals surface area contributed by atoms with Gasteiger partial charge in [0.25, 0.3) is 0 Å². The minimum Gasteiger partial charge on any atom is -0.481 e. The number of hydrogen-bond acceptors (Lipinski definition) is 4. The number of rotatable bonds is 7. The van der Waals surface area contributed by atoms with Crippen LogP contribution in [0.5, 0.6) is 0 Å². The Morgan fingerprint density at radius 1 is 1.27 bits per heavy atom. The van der Waals surface area contributed by atoms with Crippen molar-refractivity contribution < 1.29 is 29.3 Å². The number of benzene rings is 1. The molecule has 0 saturated carbocycles. The third-order valence-electron chi connectivity index (χ3n) is 3.56. The summed E-state index contributed by atoms with van der Waals surface area (Å²) in [5.74, 6) is -3.62. The quantitative estimate of drug-likeness (QED) is 0.764. The second-order valence-corrected chi connectivity index (χ2v) is 5.14. The second-order valence-electron chi connectivity index (χ2n) is 5.14. The van der Waals surface area contributed by atoms with Gasteiger partial charge in [0.2, 0.25) is 5.91 Å². The van der Waals surface area contributed by atoms with Gasteiger partial charge in [-0.15, -0.1) is 0 Å². The Kier molecular flexibility index (Phi) is 5.11. The number of nitrogens with zero attached hydrogens (tertiary/aromatic N) is 1. The van der Waals surface area contributed by atoms with E-state index in [1.165, 1.54) is 0 Å². The monoisotopic (exact) mass is 307 g/mol. The van der Waals surface area contributed by atoms with Gasteiger partial charge in [-0.3, -0.25) is 9.59 Å². The van der Waals surface area contributed by atoms with Crippen LogP contribution in [0.3, 0.4) is 0 Å².